The normalized spacial score (nSPS) is 10.1. The smallest absolute Gasteiger partial charge is 0.315 e. The summed E-state index contributed by atoms with van der Waals surface area (Å²) in [7, 11) is 0. The lowest BCUT2D eigenvalue weighted by molar-refractivity contribution is 0.236. The van der Waals surface area contributed by atoms with Gasteiger partial charge >= 0.3 is 6.03 Å². The van der Waals surface area contributed by atoms with Gasteiger partial charge in [-0.3, -0.25) is 4.98 Å². The van der Waals surface area contributed by atoms with E-state index in [1.807, 2.05) is 43.3 Å². The van der Waals surface area contributed by atoms with E-state index in [-0.39, 0.29) is 6.03 Å². The maximum absolute atomic E-state index is 11.6. The average Bonchev–Trinajstić information content (AvgIpc) is 2.54. The minimum Gasteiger partial charge on any atom is -0.492 e. The van der Waals surface area contributed by atoms with E-state index in [0.29, 0.717) is 19.7 Å². The molecule has 1 heterocycles. The summed E-state index contributed by atoms with van der Waals surface area (Å²) < 4.78 is 5.60. The number of hydrogen-bond acceptors (Lipinski definition) is 3. The summed E-state index contributed by atoms with van der Waals surface area (Å²) >= 11 is 0. The van der Waals surface area contributed by atoms with Gasteiger partial charge in [-0.05, 0) is 49.2 Å². The summed E-state index contributed by atoms with van der Waals surface area (Å²) in [5.74, 6) is 0.818. The fourth-order valence-corrected chi connectivity index (χ4v) is 1.87. The molecule has 22 heavy (non-hydrogen) atoms. The molecule has 1 aromatic heterocycles. The topological polar surface area (TPSA) is 63.2 Å². The third-order valence-electron chi connectivity index (χ3n) is 3.29. The summed E-state index contributed by atoms with van der Waals surface area (Å²) in [6, 6.07) is 11.3. The van der Waals surface area contributed by atoms with Crippen molar-refractivity contribution in [3.05, 3.63) is 59.4 Å². The van der Waals surface area contributed by atoms with Crippen LogP contribution in [0.15, 0.2) is 42.6 Å². The van der Waals surface area contributed by atoms with Crippen LogP contribution in [0.4, 0.5) is 4.79 Å². The van der Waals surface area contributed by atoms with Crippen LogP contribution >= 0.6 is 0 Å². The Kier molecular flexibility index (Phi) is 5.77. The molecule has 0 spiro atoms. The lowest BCUT2D eigenvalue weighted by Crippen LogP contribution is -2.37. The van der Waals surface area contributed by atoms with Crippen molar-refractivity contribution in [3.63, 3.8) is 0 Å². The van der Waals surface area contributed by atoms with E-state index in [0.717, 1.165) is 11.4 Å². The van der Waals surface area contributed by atoms with E-state index in [1.54, 1.807) is 6.20 Å². The van der Waals surface area contributed by atoms with Gasteiger partial charge in [0, 0.05) is 6.20 Å². The molecule has 0 radical (unpaired) electrons. The molecule has 0 aliphatic carbocycles. The number of carbonyl (C=O) groups is 1. The number of pyridine rings is 1. The number of benzene rings is 1. The number of amides is 2. The van der Waals surface area contributed by atoms with Gasteiger partial charge in [0.25, 0.3) is 0 Å². The Morgan fingerprint density at radius 3 is 2.73 bits per heavy atom. The Bertz CT molecular complexity index is 615. The first-order valence-electron chi connectivity index (χ1n) is 7.27. The lowest BCUT2D eigenvalue weighted by atomic mass is 10.1. The summed E-state index contributed by atoms with van der Waals surface area (Å²) in [6.07, 6.45) is 1.70. The lowest BCUT2D eigenvalue weighted by Gasteiger charge is -2.10. The van der Waals surface area contributed by atoms with E-state index in [9.17, 15) is 4.79 Å². The van der Waals surface area contributed by atoms with E-state index < -0.39 is 0 Å². The van der Waals surface area contributed by atoms with Gasteiger partial charge in [-0.2, -0.15) is 0 Å². The molecule has 0 unspecified atom stereocenters. The van der Waals surface area contributed by atoms with Gasteiger partial charge in [0.05, 0.1) is 18.8 Å². The molecule has 116 valence electrons. The van der Waals surface area contributed by atoms with Crippen molar-refractivity contribution in [2.24, 2.45) is 0 Å². The zero-order chi connectivity index (χ0) is 15.8. The molecule has 2 aromatic rings. The third kappa shape index (κ3) is 5.09. The van der Waals surface area contributed by atoms with E-state index >= 15 is 0 Å². The zero-order valence-electron chi connectivity index (χ0n) is 12.9. The second-order valence-corrected chi connectivity index (χ2v) is 5.03. The first-order valence-corrected chi connectivity index (χ1v) is 7.27. The molecule has 0 atom stereocenters. The standard InChI is InChI=1S/C17H21N3O2/c1-13-6-7-16(11-14(13)2)22-10-9-19-17(21)20-12-15-5-3-4-8-18-15/h3-8,11H,9-10,12H2,1-2H3,(H2,19,20,21). The second kappa shape index (κ2) is 8.02. The summed E-state index contributed by atoms with van der Waals surface area (Å²) in [6.45, 7) is 5.39. The van der Waals surface area contributed by atoms with Crippen LogP contribution in [0.2, 0.25) is 0 Å². The van der Waals surface area contributed by atoms with Gasteiger partial charge in [-0.1, -0.05) is 12.1 Å². The molecule has 0 aliphatic heterocycles. The number of carbonyl (C=O) groups excluding carboxylic acids is 1. The monoisotopic (exact) mass is 299 g/mol. The van der Waals surface area contributed by atoms with Crippen molar-refractivity contribution < 1.29 is 9.53 Å². The highest BCUT2D eigenvalue weighted by Gasteiger charge is 2.01. The number of nitrogens with zero attached hydrogens (tertiary/aromatic N) is 1. The SMILES string of the molecule is Cc1ccc(OCCNC(=O)NCc2ccccn2)cc1C. The molecule has 5 nitrogen and oxygen atoms in total. The number of aromatic nitrogens is 1. The first-order chi connectivity index (χ1) is 10.6. The van der Waals surface area contributed by atoms with Crippen LogP contribution in [0, 0.1) is 13.8 Å². The quantitative estimate of drug-likeness (QED) is 0.806. The third-order valence-corrected chi connectivity index (χ3v) is 3.29. The van der Waals surface area contributed by atoms with Crippen LogP contribution in [0.25, 0.3) is 0 Å². The van der Waals surface area contributed by atoms with Gasteiger partial charge in [-0.25, -0.2) is 4.79 Å². The van der Waals surface area contributed by atoms with Crippen LogP contribution in [-0.4, -0.2) is 24.2 Å². The molecule has 0 saturated heterocycles. The predicted octanol–water partition coefficient (Wildman–Crippen LogP) is 2.58. The minimum absolute atomic E-state index is 0.227. The molecule has 0 bridgehead atoms. The highest BCUT2D eigenvalue weighted by molar-refractivity contribution is 5.73. The molecular weight excluding hydrogens is 278 g/mol. The number of nitrogens with one attached hydrogen (secondary N) is 2. The highest BCUT2D eigenvalue weighted by atomic mass is 16.5. The average molecular weight is 299 g/mol. The largest absolute Gasteiger partial charge is 0.492 e. The molecule has 0 saturated carbocycles. The summed E-state index contributed by atoms with van der Waals surface area (Å²) in [5, 5.41) is 5.49. The van der Waals surface area contributed by atoms with Crippen LogP contribution in [0.5, 0.6) is 5.75 Å². The Hall–Kier alpha value is -2.56. The second-order valence-electron chi connectivity index (χ2n) is 5.03. The van der Waals surface area contributed by atoms with Crippen LogP contribution in [-0.2, 0) is 6.54 Å². The molecule has 2 amide bonds. The molecule has 1 aromatic carbocycles. The van der Waals surface area contributed by atoms with E-state index in [2.05, 4.69) is 22.5 Å². The fraction of sp³-hybridized carbons (Fsp3) is 0.294. The van der Waals surface area contributed by atoms with Gasteiger partial charge in [0.2, 0.25) is 0 Å². The summed E-state index contributed by atoms with van der Waals surface area (Å²) in [5.41, 5.74) is 3.25. The van der Waals surface area contributed by atoms with Crippen LogP contribution in [0.3, 0.4) is 0 Å². The summed E-state index contributed by atoms with van der Waals surface area (Å²) in [4.78, 5) is 15.8. The minimum atomic E-state index is -0.227. The maximum Gasteiger partial charge on any atom is 0.315 e. The Balaban J connectivity index is 1.63. The number of aryl methyl sites for hydroxylation is 2. The molecule has 0 aliphatic rings. The predicted molar refractivity (Wildman–Crippen MR) is 85.9 cm³/mol. The molecule has 0 fully saturated rings. The molecule has 5 heteroatoms. The Morgan fingerprint density at radius 2 is 2.00 bits per heavy atom. The molecule has 2 rings (SSSR count). The maximum atomic E-state index is 11.6. The Morgan fingerprint density at radius 1 is 1.14 bits per heavy atom. The number of urea groups is 1. The van der Waals surface area contributed by atoms with Crippen molar-refractivity contribution in [1.29, 1.82) is 0 Å². The van der Waals surface area contributed by atoms with Crippen molar-refractivity contribution in [3.8, 4) is 5.75 Å². The van der Waals surface area contributed by atoms with Crippen molar-refractivity contribution in [1.82, 2.24) is 15.6 Å². The fourth-order valence-electron chi connectivity index (χ4n) is 1.87. The highest BCUT2D eigenvalue weighted by Crippen LogP contribution is 2.15. The van der Waals surface area contributed by atoms with Gasteiger partial charge in [0.15, 0.2) is 0 Å². The number of rotatable bonds is 6. The number of ether oxygens (including phenoxy) is 1. The van der Waals surface area contributed by atoms with E-state index in [1.165, 1.54) is 11.1 Å². The van der Waals surface area contributed by atoms with Crippen LogP contribution < -0.4 is 15.4 Å². The van der Waals surface area contributed by atoms with Gasteiger partial charge in [-0.15, -0.1) is 0 Å². The first kappa shape index (κ1) is 15.8. The molecular formula is C17H21N3O2. The zero-order valence-corrected chi connectivity index (χ0v) is 12.9. The Labute approximate surface area is 130 Å². The molecule has 2 N–H and O–H groups in total. The van der Waals surface area contributed by atoms with Gasteiger partial charge in [0.1, 0.15) is 12.4 Å². The number of hydrogen-bond donors (Lipinski definition) is 2. The van der Waals surface area contributed by atoms with E-state index in [4.69, 9.17) is 4.74 Å². The van der Waals surface area contributed by atoms with Crippen molar-refractivity contribution in [2.75, 3.05) is 13.2 Å². The van der Waals surface area contributed by atoms with Gasteiger partial charge < -0.3 is 15.4 Å². The van der Waals surface area contributed by atoms with Crippen LogP contribution in [0.1, 0.15) is 16.8 Å². The van der Waals surface area contributed by atoms with Crippen molar-refractivity contribution >= 4 is 6.03 Å². The van der Waals surface area contributed by atoms with Crippen molar-refractivity contribution in [2.45, 2.75) is 20.4 Å².